The Bertz CT molecular complexity index is 3060. The molecule has 23 heteroatoms. The highest BCUT2D eigenvalue weighted by Crippen LogP contribution is 2.42. The standard InChI is InChI=1S/C62H65NO22/c1-34(64)73-32-46-52(76-35(2)65)55(77-36(3)66)56(78-37(4)67)62(82-46)85-54-49(68)61(81-47-33-75-59(83-51(47)54)40-21-13-8-14-22-40)84-50-45(31-72-29-38-17-9-6-10-18-38)80-60(79-42-27-25-41(71-5)26-28-42)48(53(50)74-30-39-19-11-7-12-20-39)63-57(69)43-23-15-16-24-44(43)58(63)70/h6-28,45-56,59-62,68H,29-33H2,1-5H3. The number of hydrogen-bond donors (Lipinski definition) is 1. The lowest BCUT2D eigenvalue weighted by molar-refractivity contribution is -0.404. The third-order valence-corrected chi connectivity index (χ3v) is 14.6. The number of carbonyl (C=O) groups excluding carboxylic acids is 6. The van der Waals surface area contributed by atoms with Crippen molar-refractivity contribution in [3.63, 3.8) is 0 Å². The van der Waals surface area contributed by atoms with Crippen molar-refractivity contribution in [2.45, 2.75) is 139 Å². The first-order valence-electron chi connectivity index (χ1n) is 27.6. The van der Waals surface area contributed by atoms with Crippen LogP contribution in [0.25, 0.3) is 0 Å². The Morgan fingerprint density at radius 1 is 0.541 bits per heavy atom. The first kappa shape index (κ1) is 60.4. The number of aliphatic hydroxyl groups is 1. The van der Waals surface area contributed by atoms with Crippen LogP contribution in [-0.4, -0.2) is 165 Å². The number of ether oxygens (including phenoxy) is 15. The summed E-state index contributed by atoms with van der Waals surface area (Å²) in [6.45, 7) is 3.32. The first-order valence-corrected chi connectivity index (χ1v) is 27.6. The van der Waals surface area contributed by atoms with Gasteiger partial charge in [0.1, 0.15) is 73.0 Å². The topological polar surface area (TPSA) is 264 Å². The molecule has 450 valence electrons. The van der Waals surface area contributed by atoms with Gasteiger partial charge >= 0.3 is 23.9 Å². The number of esters is 4. The third kappa shape index (κ3) is 14.2. The highest BCUT2D eigenvalue weighted by atomic mass is 16.8. The summed E-state index contributed by atoms with van der Waals surface area (Å²) in [5.74, 6) is -3.96. The summed E-state index contributed by atoms with van der Waals surface area (Å²) in [7, 11) is 1.51. The van der Waals surface area contributed by atoms with Gasteiger partial charge in [-0.25, -0.2) is 0 Å². The zero-order chi connectivity index (χ0) is 59.7. The molecule has 23 nitrogen and oxygen atoms in total. The maximum Gasteiger partial charge on any atom is 0.303 e. The van der Waals surface area contributed by atoms with Crippen molar-refractivity contribution in [3.8, 4) is 11.5 Å². The Labute approximate surface area is 489 Å². The fourth-order valence-corrected chi connectivity index (χ4v) is 10.9. The molecule has 4 saturated heterocycles. The molecule has 1 N–H and O–H groups in total. The van der Waals surface area contributed by atoms with Crippen LogP contribution in [0.5, 0.6) is 11.5 Å². The Morgan fingerprint density at radius 3 is 1.69 bits per heavy atom. The van der Waals surface area contributed by atoms with Crippen molar-refractivity contribution in [1.29, 1.82) is 0 Å². The van der Waals surface area contributed by atoms with Crippen molar-refractivity contribution < 1.29 is 105 Å². The van der Waals surface area contributed by atoms with Crippen LogP contribution >= 0.6 is 0 Å². The quantitative estimate of drug-likeness (QED) is 0.0553. The van der Waals surface area contributed by atoms with E-state index in [1.165, 1.54) is 19.2 Å². The van der Waals surface area contributed by atoms with Crippen LogP contribution in [0, 0.1) is 0 Å². The molecule has 0 aliphatic carbocycles. The predicted octanol–water partition coefficient (Wildman–Crippen LogP) is 5.32. The van der Waals surface area contributed by atoms with Crippen LogP contribution in [0.2, 0.25) is 0 Å². The van der Waals surface area contributed by atoms with E-state index in [-0.39, 0.29) is 43.3 Å². The molecule has 85 heavy (non-hydrogen) atoms. The Morgan fingerprint density at radius 2 is 1.08 bits per heavy atom. The summed E-state index contributed by atoms with van der Waals surface area (Å²) in [5, 5.41) is 13.1. The van der Waals surface area contributed by atoms with E-state index in [0.29, 0.717) is 16.9 Å². The predicted molar refractivity (Wildman–Crippen MR) is 291 cm³/mol. The van der Waals surface area contributed by atoms with Crippen LogP contribution in [0.3, 0.4) is 0 Å². The molecule has 4 fully saturated rings. The SMILES string of the molecule is COc1ccc(OC2OC(COCc3ccccc3)C(OC3OC4COC(c5ccccc5)OC4C(OC4OC(COC(C)=O)C(OC(C)=O)C(OC(C)=O)C4OC(C)=O)C3O)C(OCc3ccccc3)C2N2C(=O)c3ccccc3C2=O)cc1. The van der Waals surface area contributed by atoms with E-state index in [0.717, 1.165) is 38.2 Å². The van der Waals surface area contributed by atoms with Crippen molar-refractivity contribution in [1.82, 2.24) is 4.90 Å². The van der Waals surface area contributed by atoms with Gasteiger partial charge in [0.2, 0.25) is 6.29 Å². The summed E-state index contributed by atoms with van der Waals surface area (Å²) < 4.78 is 94.8. The highest BCUT2D eigenvalue weighted by Gasteiger charge is 2.61. The van der Waals surface area contributed by atoms with Gasteiger partial charge in [0.05, 0.1) is 44.7 Å². The summed E-state index contributed by atoms with van der Waals surface area (Å²) in [6, 6.07) is 38.9. The fraction of sp³-hybridized carbons (Fsp3) is 0.419. The van der Waals surface area contributed by atoms with Crippen LogP contribution in [0.1, 0.15) is 71.4 Å². The molecule has 5 aliphatic rings. The minimum Gasteiger partial charge on any atom is -0.497 e. The second-order valence-corrected chi connectivity index (χ2v) is 20.6. The maximum absolute atomic E-state index is 14.9. The van der Waals surface area contributed by atoms with Gasteiger partial charge in [0.25, 0.3) is 11.8 Å². The summed E-state index contributed by atoms with van der Waals surface area (Å²) >= 11 is 0. The molecule has 16 unspecified atom stereocenters. The van der Waals surface area contributed by atoms with Crippen molar-refractivity contribution in [3.05, 3.63) is 167 Å². The number of aliphatic hydroxyl groups excluding tert-OH is 1. The fourth-order valence-electron chi connectivity index (χ4n) is 10.9. The Hall–Kier alpha value is -7.68. The molecule has 5 aromatic rings. The van der Waals surface area contributed by atoms with E-state index in [1.54, 1.807) is 66.7 Å². The number of fused-ring (bicyclic) bond motifs is 2. The van der Waals surface area contributed by atoms with Crippen LogP contribution in [0.15, 0.2) is 140 Å². The third-order valence-electron chi connectivity index (χ3n) is 14.6. The van der Waals surface area contributed by atoms with Crippen LogP contribution in [0.4, 0.5) is 0 Å². The molecular formula is C62H65NO22. The van der Waals surface area contributed by atoms with Gasteiger partial charge in [-0.1, -0.05) is 103 Å². The van der Waals surface area contributed by atoms with Gasteiger partial charge < -0.3 is 76.2 Å². The summed E-state index contributed by atoms with van der Waals surface area (Å²) in [6.07, 6.45) is -22.6. The lowest BCUT2D eigenvalue weighted by Gasteiger charge is -2.52. The molecule has 0 aromatic heterocycles. The molecule has 5 heterocycles. The molecular weight excluding hydrogens is 1110 g/mol. The van der Waals surface area contributed by atoms with Crippen molar-refractivity contribution in [2.75, 3.05) is 26.9 Å². The lowest BCUT2D eigenvalue weighted by Crippen LogP contribution is -2.70. The molecule has 5 aromatic carbocycles. The smallest absolute Gasteiger partial charge is 0.303 e. The number of methoxy groups -OCH3 is 1. The second kappa shape index (κ2) is 27.6. The van der Waals surface area contributed by atoms with E-state index in [2.05, 4.69) is 0 Å². The van der Waals surface area contributed by atoms with Gasteiger partial charge in [0, 0.05) is 33.3 Å². The van der Waals surface area contributed by atoms with Crippen molar-refractivity contribution in [2.24, 2.45) is 0 Å². The molecule has 0 radical (unpaired) electrons. The van der Waals surface area contributed by atoms with Gasteiger partial charge in [-0.05, 0) is 47.5 Å². The van der Waals surface area contributed by atoms with Gasteiger partial charge in [-0.3, -0.25) is 33.7 Å². The lowest BCUT2D eigenvalue weighted by atomic mass is 9.93. The molecule has 0 spiro atoms. The first-order chi connectivity index (χ1) is 41.1. The average molecular weight is 1180 g/mol. The van der Waals surface area contributed by atoms with Gasteiger partial charge in [-0.2, -0.15) is 0 Å². The normalized spacial score (nSPS) is 29.8. The average Bonchev–Trinajstić information content (AvgIpc) is 1.93. The highest BCUT2D eigenvalue weighted by molar-refractivity contribution is 6.21. The molecule has 2 amide bonds. The maximum atomic E-state index is 14.9. The second-order valence-electron chi connectivity index (χ2n) is 20.6. The molecule has 0 saturated carbocycles. The number of amides is 2. The minimum atomic E-state index is -1.94. The summed E-state index contributed by atoms with van der Waals surface area (Å²) in [4.78, 5) is 81.6. The molecule has 16 atom stereocenters. The zero-order valence-corrected chi connectivity index (χ0v) is 47.0. The number of rotatable bonds is 21. The Kier molecular flexibility index (Phi) is 19.6. The number of nitrogens with zero attached hydrogens (tertiary/aromatic N) is 1. The monoisotopic (exact) mass is 1180 g/mol. The van der Waals surface area contributed by atoms with Gasteiger partial charge in [-0.15, -0.1) is 0 Å². The number of carbonyl (C=O) groups is 6. The Balaban J connectivity index is 1.07. The van der Waals surface area contributed by atoms with Crippen molar-refractivity contribution >= 4 is 35.7 Å². The van der Waals surface area contributed by atoms with Crippen LogP contribution in [-0.2, 0) is 94.0 Å². The number of benzene rings is 5. The molecule has 10 rings (SSSR count). The van der Waals surface area contributed by atoms with E-state index < -0.39 is 141 Å². The van der Waals surface area contributed by atoms with E-state index in [1.807, 2.05) is 60.7 Å². The largest absolute Gasteiger partial charge is 0.497 e. The van der Waals surface area contributed by atoms with Crippen LogP contribution < -0.4 is 9.47 Å². The number of hydrogen-bond acceptors (Lipinski definition) is 22. The summed E-state index contributed by atoms with van der Waals surface area (Å²) in [5.41, 5.74) is 2.33. The van der Waals surface area contributed by atoms with Gasteiger partial charge in [0.15, 0.2) is 37.2 Å². The van der Waals surface area contributed by atoms with E-state index in [9.17, 15) is 33.9 Å². The molecule has 5 aliphatic heterocycles. The van der Waals surface area contributed by atoms with E-state index >= 15 is 0 Å². The molecule has 0 bridgehead atoms. The minimum absolute atomic E-state index is 0.0876. The van der Waals surface area contributed by atoms with E-state index in [4.69, 9.17) is 71.1 Å². The zero-order valence-electron chi connectivity index (χ0n) is 47.0. The number of imide groups is 1.